The fraction of sp³-hybridized carbons (Fsp3) is 0.960. The second-order valence-corrected chi connectivity index (χ2v) is 12.0. The van der Waals surface area contributed by atoms with Gasteiger partial charge in [0.15, 0.2) is 11.9 Å². The molecule has 9 nitrogen and oxygen atoms in total. The van der Waals surface area contributed by atoms with Crippen molar-refractivity contribution < 1.29 is 43.0 Å². The molecule has 2 unspecified atom stereocenters. The van der Waals surface area contributed by atoms with Crippen molar-refractivity contribution >= 4 is 13.6 Å². The second kappa shape index (κ2) is 20.7. The molecule has 0 spiro atoms. The monoisotopic (exact) mass is 526 g/mol. The average Bonchev–Trinajstić information content (AvgIpc) is 2.78. The van der Waals surface area contributed by atoms with Crippen LogP contribution < -0.4 is 0 Å². The van der Waals surface area contributed by atoms with Gasteiger partial charge in [-0.15, -0.1) is 0 Å². The van der Waals surface area contributed by atoms with Crippen LogP contribution in [0, 0.1) is 0 Å². The minimum Gasteiger partial charge on any atom is -0.393 e. The van der Waals surface area contributed by atoms with Gasteiger partial charge in [-0.2, -0.15) is 0 Å². The topological polar surface area (TPSA) is 123 Å². The molecule has 210 valence electrons. The third kappa shape index (κ3) is 21.4. The van der Waals surface area contributed by atoms with Crippen LogP contribution in [-0.2, 0) is 23.3 Å². The van der Waals surface area contributed by atoms with Gasteiger partial charge in [0.1, 0.15) is 12.6 Å². The number of aliphatic hydroxyl groups is 1. The minimum absolute atomic E-state index is 0.214. The summed E-state index contributed by atoms with van der Waals surface area (Å²) in [6.07, 6.45) is 15.2. The first kappa shape index (κ1) is 34.6. The third-order valence-electron chi connectivity index (χ3n) is 5.89. The van der Waals surface area contributed by atoms with Gasteiger partial charge >= 0.3 is 7.82 Å². The lowest BCUT2D eigenvalue weighted by Crippen LogP contribution is -2.45. The van der Waals surface area contributed by atoms with Gasteiger partial charge in [-0.3, -0.25) is 19.1 Å². The van der Waals surface area contributed by atoms with E-state index in [0.29, 0.717) is 4.48 Å². The van der Waals surface area contributed by atoms with E-state index in [0.717, 1.165) is 19.3 Å². The Labute approximate surface area is 213 Å². The lowest BCUT2D eigenvalue weighted by Gasteiger charge is -2.29. The fourth-order valence-electron chi connectivity index (χ4n) is 3.83. The van der Waals surface area contributed by atoms with Crippen LogP contribution in [0.3, 0.4) is 0 Å². The lowest BCUT2D eigenvalue weighted by molar-refractivity contribution is -0.872. The molecule has 0 aliphatic heterocycles. The van der Waals surface area contributed by atoms with Crippen LogP contribution >= 0.6 is 7.82 Å². The molecular formula is C25H53NO8P+. The number of phosphoric ester groups is 1. The Hall–Kier alpha value is -0.380. The van der Waals surface area contributed by atoms with Crippen LogP contribution in [-0.4, -0.2) is 78.6 Å². The Morgan fingerprint density at radius 1 is 0.857 bits per heavy atom. The number of hydrogen-bond donors (Lipinski definition) is 3. The van der Waals surface area contributed by atoms with Crippen molar-refractivity contribution in [3.63, 3.8) is 0 Å². The van der Waals surface area contributed by atoms with Gasteiger partial charge < -0.3 is 14.5 Å². The molecule has 0 radical (unpaired) electrons. The van der Waals surface area contributed by atoms with E-state index in [1.165, 1.54) is 70.6 Å². The Kier molecular flexibility index (Phi) is 20.4. The molecule has 0 aromatic heterocycles. The van der Waals surface area contributed by atoms with E-state index in [9.17, 15) is 14.3 Å². The summed E-state index contributed by atoms with van der Waals surface area (Å²) in [4.78, 5) is 26.7. The summed E-state index contributed by atoms with van der Waals surface area (Å²) >= 11 is 0. The highest BCUT2D eigenvalue weighted by atomic mass is 31.2. The number of carbonyl (C=O) groups is 1. The zero-order chi connectivity index (χ0) is 26.6. The van der Waals surface area contributed by atoms with Crippen LogP contribution in [0.2, 0.25) is 0 Å². The van der Waals surface area contributed by atoms with E-state index in [4.69, 9.17) is 19.4 Å². The van der Waals surface area contributed by atoms with Crippen molar-refractivity contribution in [2.45, 2.75) is 115 Å². The van der Waals surface area contributed by atoms with E-state index >= 15 is 0 Å². The zero-order valence-electron chi connectivity index (χ0n) is 22.7. The molecule has 0 amide bonds. The number of likely N-dealkylation sites (N-methyl/N-ethyl adjacent to an activating group) is 1. The summed E-state index contributed by atoms with van der Waals surface area (Å²) < 4.78 is 22.6. The number of carbonyl (C=O) groups excluding carboxylic acids is 1. The number of hydrogen-bond acceptors (Lipinski definition) is 7. The summed E-state index contributed by atoms with van der Waals surface area (Å²) in [6, 6.07) is 0. The first-order valence-electron chi connectivity index (χ1n) is 13.4. The van der Waals surface area contributed by atoms with E-state index < -0.39 is 33.2 Å². The van der Waals surface area contributed by atoms with E-state index in [1.54, 1.807) is 0 Å². The predicted octanol–water partition coefficient (Wildman–Crippen LogP) is 5.49. The summed E-state index contributed by atoms with van der Waals surface area (Å²) in [6.45, 7) is 1.31. The lowest BCUT2D eigenvalue weighted by atomic mass is 10.0. The maximum Gasteiger partial charge on any atom is 0.473 e. The van der Waals surface area contributed by atoms with Crippen LogP contribution in [0.4, 0.5) is 0 Å². The Bertz CT molecular complexity index is 566. The van der Waals surface area contributed by atoms with Crippen LogP contribution in [0.5, 0.6) is 0 Å². The van der Waals surface area contributed by atoms with Gasteiger partial charge in [0, 0.05) is 6.42 Å². The van der Waals surface area contributed by atoms with Gasteiger partial charge in [-0.1, -0.05) is 90.4 Å². The van der Waals surface area contributed by atoms with Crippen LogP contribution in [0.1, 0.15) is 103 Å². The Morgan fingerprint density at radius 2 is 1.31 bits per heavy atom. The number of Topliss-reactive ketones (excluding diaryl/α,β-unsaturated/α-hetero) is 1. The van der Waals surface area contributed by atoms with Gasteiger partial charge in [-0.25, -0.2) is 9.45 Å². The molecule has 0 aromatic carbocycles. The molecule has 0 aliphatic carbocycles. The molecule has 0 heterocycles. The molecule has 0 aromatic rings. The van der Waals surface area contributed by atoms with Crippen LogP contribution in [0.25, 0.3) is 0 Å². The molecule has 3 atom stereocenters. The first-order chi connectivity index (χ1) is 16.5. The van der Waals surface area contributed by atoms with Gasteiger partial charge in [0.25, 0.3) is 0 Å². The smallest absolute Gasteiger partial charge is 0.393 e. The number of quaternary nitrogens is 1. The number of ketones is 1. The Morgan fingerprint density at radius 3 is 1.71 bits per heavy atom. The van der Waals surface area contributed by atoms with Crippen molar-refractivity contribution in [3.05, 3.63) is 0 Å². The molecule has 0 aliphatic rings. The van der Waals surface area contributed by atoms with Crippen molar-refractivity contribution in [2.75, 3.05) is 40.9 Å². The number of unbranched alkanes of at least 4 members (excludes halogenated alkanes) is 13. The summed E-state index contributed by atoms with van der Waals surface area (Å²) in [7, 11) is 1.01. The van der Waals surface area contributed by atoms with Gasteiger partial charge in [-0.05, 0) is 6.42 Å². The second-order valence-electron chi connectivity index (χ2n) is 10.6. The highest BCUT2D eigenvalue weighted by molar-refractivity contribution is 7.47. The number of nitrogens with zero attached hydrogens (tertiary/aromatic N) is 1. The average molecular weight is 527 g/mol. The highest BCUT2D eigenvalue weighted by Gasteiger charge is 2.35. The van der Waals surface area contributed by atoms with E-state index in [1.807, 2.05) is 21.1 Å². The summed E-state index contributed by atoms with van der Waals surface area (Å²) in [5, 5.41) is 17.6. The number of aliphatic hydroxyl groups excluding tert-OH is 1. The molecule has 0 rings (SSSR count). The predicted molar refractivity (Wildman–Crippen MR) is 138 cm³/mol. The quantitative estimate of drug-likeness (QED) is 0.0469. The Balaban J connectivity index is 4.17. The van der Waals surface area contributed by atoms with Crippen LogP contribution in [0.15, 0.2) is 0 Å². The molecule has 3 N–H and O–H groups in total. The largest absolute Gasteiger partial charge is 0.473 e. The van der Waals surface area contributed by atoms with Gasteiger partial charge in [0.2, 0.25) is 0 Å². The maximum atomic E-state index is 12.7. The maximum absolute atomic E-state index is 12.7. The molecular weight excluding hydrogens is 473 g/mol. The summed E-state index contributed by atoms with van der Waals surface area (Å²) in [5.74, 6) is -0.230. The highest BCUT2D eigenvalue weighted by Crippen LogP contribution is 2.45. The third-order valence-corrected chi connectivity index (χ3v) is 6.88. The van der Waals surface area contributed by atoms with Crippen molar-refractivity contribution in [1.29, 1.82) is 0 Å². The SMILES string of the molecule is CCCCCCCCCCCCCCCCC(=O)C(C[N+](C)(C)C)OP(=O)(O)OC[C@@H](CO)OO. The zero-order valence-corrected chi connectivity index (χ0v) is 23.6. The normalized spacial score (nSPS) is 15.6. The standard InChI is InChI=1S/C25H52NO8P/c1-5-6-7-8-9-10-11-12-13-14-15-16-17-18-19-24(28)25(20-26(2,3)4)34-35(30,31)32-22-23(21-27)33-29/h23,25,27H,5-22H2,1-4H3,(H-,29,30,31)/p+1/t23-,25?/m1/s1. The van der Waals surface area contributed by atoms with Gasteiger partial charge in [0.05, 0.1) is 34.4 Å². The fourth-order valence-corrected chi connectivity index (χ4v) is 4.75. The first-order valence-corrected chi connectivity index (χ1v) is 14.9. The molecule has 0 fully saturated rings. The summed E-state index contributed by atoms with van der Waals surface area (Å²) in [5.41, 5.74) is 0. The van der Waals surface area contributed by atoms with Crippen molar-refractivity contribution in [3.8, 4) is 0 Å². The number of phosphoric acid groups is 1. The van der Waals surface area contributed by atoms with Crippen molar-refractivity contribution in [1.82, 2.24) is 0 Å². The van der Waals surface area contributed by atoms with E-state index in [2.05, 4.69) is 11.8 Å². The van der Waals surface area contributed by atoms with Crippen molar-refractivity contribution in [2.24, 2.45) is 0 Å². The number of rotatable bonds is 25. The molecule has 35 heavy (non-hydrogen) atoms. The minimum atomic E-state index is -4.58. The van der Waals surface area contributed by atoms with E-state index in [-0.39, 0.29) is 18.7 Å². The molecule has 0 saturated carbocycles. The molecule has 0 saturated heterocycles. The molecule has 0 bridgehead atoms. The molecule has 10 heteroatoms.